The van der Waals surface area contributed by atoms with Gasteiger partial charge in [-0.2, -0.15) is 0 Å². The summed E-state index contributed by atoms with van der Waals surface area (Å²) in [4.78, 5) is 23.4. The average molecular weight is 318 g/mol. The van der Waals surface area contributed by atoms with E-state index in [4.69, 9.17) is 4.42 Å². The summed E-state index contributed by atoms with van der Waals surface area (Å²) in [6, 6.07) is 3.56. The first-order chi connectivity index (χ1) is 11.1. The van der Waals surface area contributed by atoms with Gasteiger partial charge in [0.05, 0.1) is 17.7 Å². The lowest BCUT2D eigenvalue weighted by molar-refractivity contribution is -0.383. The zero-order valence-electron chi connectivity index (χ0n) is 12.8. The van der Waals surface area contributed by atoms with Crippen LogP contribution in [0, 0.1) is 10.1 Å². The van der Waals surface area contributed by atoms with E-state index in [0.29, 0.717) is 31.2 Å². The van der Waals surface area contributed by atoms with Crippen molar-refractivity contribution in [2.45, 2.75) is 6.54 Å². The van der Waals surface area contributed by atoms with Gasteiger partial charge in [-0.3, -0.25) is 10.1 Å². The number of aromatic nitrogens is 2. The molecule has 0 spiro atoms. The molecular weight excluding hydrogens is 300 g/mol. The number of rotatable bonds is 5. The van der Waals surface area contributed by atoms with Crippen LogP contribution in [0.15, 0.2) is 29.1 Å². The standard InChI is InChI=1S/C14H18N6O3/c1-18-4-6-19(7-5-18)14-12(20(21)22)13(16-10-17-14)15-9-11-3-2-8-23-11/h2-3,8,10H,4-7,9H2,1H3,(H,15,16,17). The van der Waals surface area contributed by atoms with Gasteiger partial charge in [0.2, 0.25) is 11.6 Å². The molecule has 1 fully saturated rings. The first-order valence-corrected chi connectivity index (χ1v) is 7.34. The van der Waals surface area contributed by atoms with Crippen LogP contribution in [0.1, 0.15) is 5.76 Å². The van der Waals surface area contributed by atoms with Gasteiger partial charge in [0.1, 0.15) is 12.1 Å². The summed E-state index contributed by atoms with van der Waals surface area (Å²) in [5.41, 5.74) is -0.0939. The van der Waals surface area contributed by atoms with Crippen molar-refractivity contribution in [1.29, 1.82) is 0 Å². The maximum atomic E-state index is 11.5. The lowest BCUT2D eigenvalue weighted by Gasteiger charge is -2.32. The van der Waals surface area contributed by atoms with E-state index in [0.717, 1.165) is 13.1 Å². The molecule has 1 aliphatic rings. The molecule has 2 aromatic heterocycles. The molecule has 9 heteroatoms. The highest BCUT2D eigenvalue weighted by molar-refractivity contribution is 5.70. The Morgan fingerprint density at radius 3 is 2.78 bits per heavy atom. The van der Waals surface area contributed by atoms with E-state index < -0.39 is 4.92 Å². The molecule has 2 aromatic rings. The zero-order chi connectivity index (χ0) is 16.2. The number of piperazine rings is 1. The van der Waals surface area contributed by atoms with Gasteiger partial charge in [-0.15, -0.1) is 0 Å². The molecule has 122 valence electrons. The second-order valence-electron chi connectivity index (χ2n) is 5.37. The Balaban J connectivity index is 1.84. The second-order valence-corrected chi connectivity index (χ2v) is 5.37. The molecular formula is C14H18N6O3. The van der Waals surface area contributed by atoms with Gasteiger partial charge in [0, 0.05) is 26.2 Å². The molecule has 1 saturated heterocycles. The van der Waals surface area contributed by atoms with Crippen molar-refractivity contribution in [2.24, 2.45) is 0 Å². The Morgan fingerprint density at radius 1 is 1.35 bits per heavy atom. The van der Waals surface area contributed by atoms with Gasteiger partial charge >= 0.3 is 5.69 Å². The summed E-state index contributed by atoms with van der Waals surface area (Å²) < 4.78 is 5.22. The molecule has 1 N–H and O–H groups in total. The van der Waals surface area contributed by atoms with Gasteiger partial charge in [-0.05, 0) is 19.2 Å². The van der Waals surface area contributed by atoms with E-state index >= 15 is 0 Å². The van der Waals surface area contributed by atoms with Gasteiger partial charge in [0.25, 0.3) is 0 Å². The van der Waals surface area contributed by atoms with E-state index in [-0.39, 0.29) is 11.5 Å². The number of nitro groups is 1. The van der Waals surface area contributed by atoms with Crippen molar-refractivity contribution >= 4 is 17.3 Å². The van der Waals surface area contributed by atoms with Crippen molar-refractivity contribution in [3.05, 3.63) is 40.6 Å². The van der Waals surface area contributed by atoms with Crippen LogP contribution >= 0.6 is 0 Å². The number of hydrogen-bond donors (Lipinski definition) is 1. The summed E-state index contributed by atoms with van der Waals surface area (Å²) in [5.74, 6) is 1.24. The molecule has 0 bridgehead atoms. The van der Waals surface area contributed by atoms with Gasteiger partial charge in [-0.25, -0.2) is 9.97 Å². The molecule has 0 aliphatic carbocycles. The Morgan fingerprint density at radius 2 is 2.13 bits per heavy atom. The Kier molecular flexibility index (Phi) is 4.38. The third kappa shape index (κ3) is 3.39. The smallest absolute Gasteiger partial charge is 0.353 e. The van der Waals surface area contributed by atoms with Crippen molar-refractivity contribution in [2.75, 3.05) is 43.4 Å². The summed E-state index contributed by atoms with van der Waals surface area (Å²) in [6.45, 7) is 3.41. The van der Waals surface area contributed by atoms with Crippen molar-refractivity contribution in [3.8, 4) is 0 Å². The summed E-state index contributed by atoms with van der Waals surface area (Å²) in [6.07, 6.45) is 2.91. The van der Waals surface area contributed by atoms with E-state index in [9.17, 15) is 10.1 Å². The first-order valence-electron chi connectivity index (χ1n) is 7.34. The van der Waals surface area contributed by atoms with E-state index in [1.54, 1.807) is 18.4 Å². The topological polar surface area (TPSA) is 101 Å². The highest BCUT2D eigenvalue weighted by Crippen LogP contribution is 2.32. The third-order valence-electron chi connectivity index (χ3n) is 3.80. The molecule has 9 nitrogen and oxygen atoms in total. The van der Waals surface area contributed by atoms with E-state index in [1.165, 1.54) is 6.33 Å². The van der Waals surface area contributed by atoms with Crippen LogP contribution in [0.3, 0.4) is 0 Å². The van der Waals surface area contributed by atoms with Crippen molar-refractivity contribution < 1.29 is 9.34 Å². The first kappa shape index (κ1) is 15.2. The van der Waals surface area contributed by atoms with Gasteiger partial charge < -0.3 is 19.5 Å². The lowest BCUT2D eigenvalue weighted by Crippen LogP contribution is -2.45. The average Bonchev–Trinajstić information content (AvgIpc) is 3.06. The van der Waals surface area contributed by atoms with E-state index in [1.807, 2.05) is 11.9 Å². The largest absolute Gasteiger partial charge is 0.467 e. The highest BCUT2D eigenvalue weighted by Gasteiger charge is 2.28. The molecule has 3 rings (SSSR count). The van der Waals surface area contributed by atoms with Crippen molar-refractivity contribution in [1.82, 2.24) is 14.9 Å². The zero-order valence-corrected chi connectivity index (χ0v) is 12.8. The van der Waals surface area contributed by atoms with Crippen LogP contribution in [0.25, 0.3) is 0 Å². The highest BCUT2D eigenvalue weighted by atomic mass is 16.6. The molecule has 1 aliphatic heterocycles. The third-order valence-corrected chi connectivity index (χ3v) is 3.80. The minimum Gasteiger partial charge on any atom is -0.467 e. The monoisotopic (exact) mass is 318 g/mol. The Labute approximate surface area is 133 Å². The predicted molar refractivity (Wildman–Crippen MR) is 84.4 cm³/mol. The molecule has 0 unspecified atom stereocenters. The number of anilines is 2. The molecule has 0 amide bonds. The fourth-order valence-electron chi connectivity index (χ4n) is 2.50. The normalized spacial score (nSPS) is 15.6. The molecule has 23 heavy (non-hydrogen) atoms. The second kappa shape index (κ2) is 6.61. The lowest BCUT2D eigenvalue weighted by atomic mass is 10.3. The van der Waals surface area contributed by atoms with E-state index in [2.05, 4.69) is 20.2 Å². The minimum absolute atomic E-state index is 0.0939. The summed E-state index contributed by atoms with van der Waals surface area (Å²) in [7, 11) is 2.03. The molecule has 0 saturated carbocycles. The van der Waals surface area contributed by atoms with Crippen LogP contribution in [-0.2, 0) is 6.54 Å². The number of nitrogens with zero attached hydrogens (tertiary/aromatic N) is 5. The molecule has 0 radical (unpaired) electrons. The molecule has 0 aromatic carbocycles. The van der Waals surface area contributed by atoms with Gasteiger partial charge in [-0.1, -0.05) is 0 Å². The quantitative estimate of drug-likeness (QED) is 0.651. The van der Waals surface area contributed by atoms with Gasteiger partial charge in [0.15, 0.2) is 0 Å². The van der Waals surface area contributed by atoms with Crippen LogP contribution in [0.2, 0.25) is 0 Å². The predicted octanol–water partition coefficient (Wildman–Crippen LogP) is 1.34. The molecule has 0 atom stereocenters. The van der Waals surface area contributed by atoms with Crippen molar-refractivity contribution in [3.63, 3.8) is 0 Å². The van der Waals surface area contributed by atoms with Crippen LogP contribution in [-0.4, -0.2) is 53.0 Å². The summed E-state index contributed by atoms with van der Waals surface area (Å²) in [5, 5.41) is 14.5. The fourth-order valence-corrected chi connectivity index (χ4v) is 2.50. The number of hydrogen-bond acceptors (Lipinski definition) is 8. The number of likely N-dealkylation sites (N-methyl/N-ethyl adjacent to an activating group) is 1. The maximum Gasteiger partial charge on any atom is 0.353 e. The van der Waals surface area contributed by atoms with Crippen LogP contribution in [0.5, 0.6) is 0 Å². The Hall–Kier alpha value is -2.68. The SMILES string of the molecule is CN1CCN(c2ncnc(NCc3ccco3)c2[N+](=O)[O-])CC1. The van der Waals surface area contributed by atoms with Crippen LogP contribution < -0.4 is 10.2 Å². The molecule has 3 heterocycles. The Bertz CT molecular complexity index is 667. The number of furan rings is 1. The van der Waals surface area contributed by atoms with Crippen LogP contribution in [0.4, 0.5) is 17.3 Å². The minimum atomic E-state index is -0.432. The fraction of sp³-hybridized carbons (Fsp3) is 0.429. The summed E-state index contributed by atoms with van der Waals surface area (Å²) >= 11 is 0. The number of nitrogens with one attached hydrogen (secondary N) is 1. The maximum absolute atomic E-state index is 11.5.